The van der Waals surface area contributed by atoms with Crippen LogP contribution in [0.15, 0.2) is 72.8 Å². The van der Waals surface area contributed by atoms with Gasteiger partial charge in [0.1, 0.15) is 11.4 Å². The van der Waals surface area contributed by atoms with Gasteiger partial charge in [0.2, 0.25) is 0 Å². The van der Waals surface area contributed by atoms with E-state index < -0.39 is 71.3 Å². The van der Waals surface area contributed by atoms with Gasteiger partial charge in [0, 0.05) is 100 Å². The molecule has 0 spiro atoms. The molecule has 103 heavy (non-hydrogen) atoms. The number of nitrogens with two attached hydrogens (primary N) is 1. The van der Waals surface area contributed by atoms with Crippen LogP contribution in [0.25, 0.3) is 33.1 Å². The molecule has 9 aromatic heterocycles. The van der Waals surface area contributed by atoms with Gasteiger partial charge in [-0.25, -0.2) is 75.4 Å². The van der Waals surface area contributed by atoms with E-state index in [2.05, 4.69) is 91.1 Å². The minimum atomic E-state index is -2.76. The number of aryl methyl sites for hydroxylation is 3. The average Bonchev–Trinajstić information content (AvgIpc) is 1.69. The molecule has 15 heterocycles. The Morgan fingerprint density at radius 1 is 0.466 bits per heavy atom. The lowest BCUT2D eigenvalue weighted by Gasteiger charge is -2.35. The topological polar surface area (TPSA) is 368 Å². The second-order valence-corrected chi connectivity index (χ2v) is 26.4. The van der Waals surface area contributed by atoms with Gasteiger partial charge >= 0.3 is 24.1 Å². The Bertz CT molecular complexity index is 4680. The Morgan fingerprint density at radius 2 is 0.757 bits per heavy atom. The van der Waals surface area contributed by atoms with Gasteiger partial charge in [0.05, 0.1) is 57.4 Å². The predicted octanol–water partition coefficient (Wildman–Crippen LogP) is 9.72. The first kappa shape index (κ1) is 72.7. The number of carboxylic acid groups (broad SMARTS) is 1. The molecule has 3 saturated carbocycles. The number of aromatic nitrogens is 12. The number of amides is 6. The molecule has 6 aliphatic heterocycles. The number of Topliss-reactive ketones (excluding diaryl/α,β-unsaturated/α-hetero) is 2. The van der Waals surface area contributed by atoms with Crippen molar-refractivity contribution in [2.75, 3.05) is 84.6 Å². The van der Waals surface area contributed by atoms with Crippen molar-refractivity contribution in [3.8, 4) is 0 Å². The van der Waals surface area contributed by atoms with E-state index in [0.717, 1.165) is 73.0 Å². The van der Waals surface area contributed by atoms with Crippen LogP contribution in [0.2, 0.25) is 0 Å². The zero-order chi connectivity index (χ0) is 70.0. The fourth-order valence-corrected chi connectivity index (χ4v) is 13.5. The van der Waals surface area contributed by atoms with Crippen molar-refractivity contribution >= 4 is 161 Å². The number of hydrogen-bond acceptors (Lipinski definition) is 19. The third kappa shape index (κ3) is 14.2. The highest BCUT2D eigenvalue weighted by atomic mass is 32.1. The number of halogens is 6. The van der Waals surface area contributed by atoms with E-state index in [0.29, 0.717) is 87.6 Å². The predicted molar refractivity (Wildman–Crippen MR) is 385 cm³/mol. The Labute approximate surface area is 602 Å². The molecule has 6 bridgehead atoms. The molecule has 9 aromatic rings. The average molecular weight is 1480 g/mol. The van der Waals surface area contributed by atoms with Crippen molar-refractivity contribution in [1.82, 2.24) is 60.5 Å². The number of fused-ring (bicyclic) bond motifs is 15. The molecule has 9 N–H and O–H groups in total. The van der Waals surface area contributed by atoms with Crippen LogP contribution in [0.5, 0.6) is 0 Å². The van der Waals surface area contributed by atoms with E-state index in [-0.39, 0.29) is 108 Å². The zero-order valence-electron chi connectivity index (χ0n) is 55.2. The van der Waals surface area contributed by atoms with E-state index in [1.54, 1.807) is 45.0 Å². The molecule has 6 fully saturated rings. The maximum absolute atomic E-state index is 13.4. The minimum Gasteiger partial charge on any atom is -0.477 e. The summed E-state index contributed by atoms with van der Waals surface area (Å²) in [5.41, 5.74) is 11.3. The van der Waals surface area contributed by atoms with Crippen LogP contribution >= 0.6 is 40.5 Å². The quantitative estimate of drug-likeness (QED) is 0.0466. The number of H-pyrrole nitrogens is 3. The molecule has 6 atom stereocenters. The molecule has 9 aliphatic rings. The van der Waals surface area contributed by atoms with Gasteiger partial charge in [0.25, 0.3) is 17.8 Å². The van der Waals surface area contributed by atoms with Gasteiger partial charge in [0.15, 0.2) is 69.1 Å². The zero-order valence-corrected chi connectivity index (χ0v) is 58.2. The summed E-state index contributed by atoms with van der Waals surface area (Å²) in [4.78, 5) is 114. The highest BCUT2D eigenvalue weighted by molar-refractivity contribution is 7.59. The van der Waals surface area contributed by atoms with Crippen LogP contribution < -0.4 is 51.1 Å². The number of nitrogens with zero attached hydrogens (tertiary/aromatic N) is 15. The third-order valence-corrected chi connectivity index (χ3v) is 19.3. The lowest BCUT2D eigenvalue weighted by molar-refractivity contribution is 0.0689. The molecule has 0 radical (unpaired) electrons. The Kier molecular flexibility index (Phi) is 19.5. The number of carbonyl (C=O) groups is 6. The van der Waals surface area contributed by atoms with Crippen LogP contribution in [0, 0.1) is 32.6 Å². The first-order chi connectivity index (χ1) is 47.7. The number of carbonyl (C=O) groups excluding carboxylic acids is 5. The fraction of sp³-hybridized carbons (Fsp3) is 0.400. The largest absolute Gasteiger partial charge is 0.477 e. The third-order valence-electron chi connectivity index (χ3n) is 19.3. The number of pyridine rings is 6. The van der Waals surface area contributed by atoms with E-state index in [1.807, 2.05) is 57.2 Å². The Morgan fingerprint density at radius 3 is 1.04 bits per heavy atom. The standard InChI is InChI=1S/2C22H21F2N7O2.C18H17N7O3.C3H5F2N.3H2S/c2*1-11-2-3-14-18(25-11)28-29-19(14)27-21(33)31-13-6-7-30(10-13)16-5-4-15(26-20(16)31)17(32)8-12-9-22(12,23)24;1-9-2-3-11-14(19-9)22-23-15(11)21-18(28)25-10-6-7-24(8-10)13-5-4-12(17(26)27)20-16(13)25;4-3(5)1-2(3)6;;;/h2*2-5,12-13H,6-10H2,1H3,(H2,25,27,28,29,33);2-5,10H,6-8H2,1H3,(H,26,27)(H2,19,21,22,23,28);2H,1,6H2;3*1H2/t2*12?,13-;10-;;;;/m000..../s1. The number of urea groups is 3. The summed E-state index contributed by atoms with van der Waals surface area (Å²) < 4.78 is 75.9. The Hall–Kier alpha value is -10.1. The van der Waals surface area contributed by atoms with Crippen molar-refractivity contribution in [1.29, 1.82) is 0 Å². The van der Waals surface area contributed by atoms with Gasteiger partial charge in [-0.05, 0) is 113 Å². The van der Waals surface area contributed by atoms with Crippen LogP contribution in [0.3, 0.4) is 0 Å². The molecular weight excluding hydrogens is 1410 g/mol. The second-order valence-electron chi connectivity index (χ2n) is 26.4. The first-order valence-electron chi connectivity index (χ1n) is 32.5. The van der Waals surface area contributed by atoms with Crippen molar-refractivity contribution in [3.05, 3.63) is 107 Å². The summed E-state index contributed by atoms with van der Waals surface area (Å²) in [5.74, 6) is -9.71. The summed E-state index contributed by atoms with van der Waals surface area (Å²) >= 11 is 0. The smallest absolute Gasteiger partial charge is 0.354 e. The molecule has 3 saturated heterocycles. The van der Waals surface area contributed by atoms with E-state index in [4.69, 9.17) is 5.73 Å². The van der Waals surface area contributed by atoms with Crippen LogP contribution in [0.1, 0.15) is 99.9 Å². The van der Waals surface area contributed by atoms with Gasteiger partial charge in [-0.3, -0.25) is 55.5 Å². The second kappa shape index (κ2) is 27.6. The number of nitrogens with one attached hydrogen (secondary N) is 6. The van der Waals surface area contributed by atoms with Gasteiger partial charge in [-0.1, -0.05) is 0 Å². The summed E-state index contributed by atoms with van der Waals surface area (Å²) in [6, 6.07) is 18.5. The lowest BCUT2D eigenvalue weighted by Crippen LogP contribution is -2.48. The van der Waals surface area contributed by atoms with Gasteiger partial charge < -0.3 is 25.5 Å². The number of aromatic amines is 3. The molecule has 6 amide bonds. The number of hydrogen-bond donors (Lipinski definition) is 8. The van der Waals surface area contributed by atoms with E-state index >= 15 is 0 Å². The van der Waals surface area contributed by atoms with Crippen molar-refractivity contribution in [2.24, 2.45) is 17.6 Å². The SMILES string of the molecule is Cc1ccc2c(NC(=O)N3c4nc(C(=O)CC5CC5(F)F)ccc4N4CC[C@H]3C4)n[nH]c2n1.Cc1ccc2c(NC(=O)N3c4nc(C(=O)CC5CC5(F)F)ccc4N4CC[C@H]3C4)n[nH]c2n1.Cc1ccc2c(NC(=O)N3c4nc(C(=O)O)ccc4N4CC[C@H]3C4)n[nH]c2n1.NC1CC1(F)F.S.S.S. The summed E-state index contributed by atoms with van der Waals surface area (Å²) in [7, 11) is 0. The monoisotopic (exact) mass is 1480 g/mol. The number of anilines is 9. The number of ketones is 2. The van der Waals surface area contributed by atoms with Crippen molar-refractivity contribution in [3.63, 3.8) is 0 Å². The highest BCUT2D eigenvalue weighted by Crippen LogP contribution is 2.52. The van der Waals surface area contributed by atoms with E-state index in [9.17, 15) is 60.2 Å². The van der Waals surface area contributed by atoms with Gasteiger partial charge in [-0.2, -0.15) is 55.8 Å². The highest BCUT2D eigenvalue weighted by Gasteiger charge is 2.58. The number of carboxylic acids is 1. The summed E-state index contributed by atoms with van der Waals surface area (Å²) in [6.07, 6.45) is 1.15. The first-order valence-corrected chi connectivity index (χ1v) is 32.5. The van der Waals surface area contributed by atoms with Gasteiger partial charge in [-0.15, -0.1) is 0 Å². The summed E-state index contributed by atoms with van der Waals surface area (Å²) in [5, 5.41) is 40.9. The lowest BCUT2D eigenvalue weighted by atomic mass is 10.1. The molecule has 38 heteroatoms. The molecule has 542 valence electrons. The normalized spacial score (nSPS) is 21.5. The van der Waals surface area contributed by atoms with Crippen LogP contribution in [-0.2, 0) is 0 Å². The fourth-order valence-electron chi connectivity index (χ4n) is 13.5. The molecule has 0 aromatic carbocycles. The van der Waals surface area contributed by atoms with Crippen LogP contribution in [0.4, 0.5) is 92.7 Å². The minimum absolute atomic E-state index is 0. The molecule has 3 unspecified atom stereocenters. The molecule has 3 aliphatic carbocycles. The maximum atomic E-state index is 13.4. The number of aromatic carboxylic acids is 1. The van der Waals surface area contributed by atoms with Crippen LogP contribution in [-0.4, -0.2) is 182 Å². The Balaban J connectivity index is 0.000000138. The van der Waals surface area contributed by atoms with Crippen molar-refractivity contribution in [2.45, 2.75) is 114 Å². The molecular formula is C65H70F6N22O7S3. The molecule has 29 nitrogen and oxygen atoms in total. The maximum Gasteiger partial charge on any atom is 0.354 e. The summed E-state index contributed by atoms with van der Waals surface area (Å²) in [6.45, 7) is 9.94. The number of rotatable bonds is 10. The number of alkyl halides is 6. The van der Waals surface area contributed by atoms with E-state index in [1.165, 1.54) is 6.07 Å². The van der Waals surface area contributed by atoms with Crippen molar-refractivity contribution < 1.29 is 60.2 Å². The molecule has 18 rings (SSSR count).